The number of carbonyl (C=O) groups is 1. The number of carboxylic acids is 1. The molecule has 304 valence electrons. The number of rotatable bonds is 12. The SMILES string of the molecule is O=C(O)c1[nH][nH]c(=O)c1N=Nc1ccc(N=Nc2c(S(=O)(=O)O)cc3cc(S(=O)(=O)O)c(N=Nc4ccc([N+](=O)[O-])cc4S(=O)(=O)O)c(O)c3c2O)c(S(=O)(=O)O)c1. The van der Waals surface area contributed by atoms with E-state index in [1.165, 1.54) is 0 Å². The van der Waals surface area contributed by atoms with Crippen LogP contribution in [0.4, 0.5) is 39.8 Å². The number of hydrogen-bond donors (Lipinski definition) is 9. The summed E-state index contributed by atoms with van der Waals surface area (Å²) in [6.07, 6.45) is 0. The Hall–Kier alpha value is -6.94. The van der Waals surface area contributed by atoms with Crippen molar-refractivity contribution >= 4 is 97.0 Å². The Morgan fingerprint density at radius 1 is 0.603 bits per heavy atom. The van der Waals surface area contributed by atoms with Crippen LogP contribution in [0.2, 0.25) is 0 Å². The Kier molecular flexibility index (Phi) is 10.8. The minimum atomic E-state index is -5.53. The number of nitro groups is 1. The van der Waals surface area contributed by atoms with Crippen LogP contribution < -0.4 is 5.56 Å². The molecule has 28 nitrogen and oxygen atoms in total. The largest absolute Gasteiger partial charge is 0.505 e. The molecule has 0 amide bonds. The van der Waals surface area contributed by atoms with Gasteiger partial charge in [-0.25, -0.2) is 4.79 Å². The average Bonchev–Trinajstić information content (AvgIpc) is 3.48. The quantitative estimate of drug-likeness (QED) is 0.0368. The van der Waals surface area contributed by atoms with Gasteiger partial charge >= 0.3 is 5.97 Å². The van der Waals surface area contributed by atoms with Gasteiger partial charge in [0.25, 0.3) is 51.7 Å². The van der Waals surface area contributed by atoms with Gasteiger partial charge < -0.3 is 15.3 Å². The summed E-state index contributed by atoms with van der Waals surface area (Å²) in [4.78, 5) is 28.0. The maximum atomic E-state index is 12.4. The van der Waals surface area contributed by atoms with Crippen molar-refractivity contribution in [3.63, 3.8) is 0 Å². The smallest absolute Gasteiger partial charge is 0.356 e. The fourth-order valence-electron chi connectivity index (χ4n) is 4.72. The molecule has 0 bridgehead atoms. The first kappa shape index (κ1) is 42.2. The number of fused-ring (bicyclic) bond motifs is 1. The Bertz CT molecular complexity index is 3230. The van der Waals surface area contributed by atoms with Crippen LogP contribution in [0.3, 0.4) is 0 Å². The van der Waals surface area contributed by atoms with Crippen molar-refractivity contribution in [1.29, 1.82) is 0 Å². The zero-order valence-corrected chi connectivity index (χ0v) is 30.7. The van der Waals surface area contributed by atoms with E-state index in [-0.39, 0.29) is 0 Å². The zero-order valence-electron chi connectivity index (χ0n) is 27.4. The van der Waals surface area contributed by atoms with Crippen molar-refractivity contribution in [2.24, 2.45) is 30.7 Å². The first-order chi connectivity index (χ1) is 26.7. The number of aromatic carboxylic acids is 1. The van der Waals surface area contributed by atoms with E-state index in [1.54, 1.807) is 0 Å². The minimum absolute atomic E-state index is 0.335. The molecule has 32 heteroatoms. The lowest BCUT2D eigenvalue weighted by Crippen LogP contribution is -2.02. The molecule has 0 spiro atoms. The maximum Gasteiger partial charge on any atom is 0.356 e. The molecule has 58 heavy (non-hydrogen) atoms. The van der Waals surface area contributed by atoms with Crippen molar-refractivity contribution in [3.8, 4) is 11.5 Å². The summed E-state index contributed by atoms with van der Waals surface area (Å²) in [5.41, 5.74) is -8.24. The molecule has 4 aromatic carbocycles. The summed E-state index contributed by atoms with van der Waals surface area (Å²) >= 11 is 0. The van der Waals surface area contributed by atoms with Crippen molar-refractivity contribution in [2.45, 2.75) is 19.6 Å². The number of hydrogen-bond acceptors (Lipinski definition) is 20. The summed E-state index contributed by atoms with van der Waals surface area (Å²) < 4.78 is 137. The number of nitrogens with one attached hydrogen (secondary N) is 2. The molecule has 0 unspecified atom stereocenters. The number of phenols is 2. The van der Waals surface area contributed by atoms with E-state index >= 15 is 0 Å². The van der Waals surface area contributed by atoms with E-state index in [9.17, 15) is 81.8 Å². The van der Waals surface area contributed by atoms with Crippen molar-refractivity contribution in [3.05, 3.63) is 74.7 Å². The number of phenolic OH excluding ortho intramolecular Hbond substituents is 2. The van der Waals surface area contributed by atoms with E-state index in [0.717, 1.165) is 12.1 Å². The van der Waals surface area contributed by atoms with Crippen LogP contribution in [0, 0.1) is 10.1 Å². The number of H-pyrrole nitrogens is 2. The van der Waals surface area contributed by atoms with E-state index in [0.29, 0.717) is 36.4 Å². The van der Waals surface area contributed by atoms with Gasteiger partial charge in [0.05, 0.1) is 16.0 Å². The lowest BCUT2D eigenvalue weighted by atomic mass is 10.1. The predicted molar refractivity (Wildman–Crippen MR) is 187 cm³/mol. The summed E-state index contributed by atoms with van der Waals surface area (Å²) in [5.74, 6) is -4.60. The van der Waals surface area contributed by atoms with Crippen LogP contribution in [0.15, 0.2) is 104 Å². The third-order valence-corrected chi connectivity index (χ3v) is 10.7. The summed E-state index contributed by atoms with van der Waals surface area (Å²) in [6.45, 7) is 0. The molecule has 1 heterocycles. The van der Waals surface area contributed by atoms with Gasteiger partial charge in [0.2, 0.25) is 0 Å². The molecular formula is C26H17N9O19S4. The van der Waals surface area contributed by atoms with Crippen LogP contribution in [-0.2, 0) is 40.5 Å². The molecule has 9 N–H and O–H groups in total. The van der Waals surface area contributed by atoms with E-state index < -0.39 is 144 Å². The highest BCUT2D eigenvalue weighted by molar-refractivity contribution is 7.86. The molecule has 0 saturated carbocycles. The Balaban J connectivity index is 1.72. The van der Waals surface area contributed by atoms with Crippen LogP contribution in [0.25, 0.3) is 10.8 Å². The Labute approximate surface area is 319 Å². The molecule has 0 aliphatic rings. The highest BCUT2D eigenvalue weighted by atomic mass is 32.2. The van der Waals surface area contributed by atoms with E-state index in [2.05, 4.69) is 30.7 Å². The van der Waals surface area contributed by atoms with Gasteiger partial charge in [0, 0.05) is 12.1 Å². The summed E-state index contributed by atoms with van der Waals surface area (Å²) in [5, 5.41) is 65.4. The van der Waals surface area contributed by atoms with Gasteiger partial charge in [-0.1, -0.05) is 0 Å². The number of nitrogens with zero attached hydrogens (tertiary/aromatic N) is 7. The number of benzene rings is 4. The second-order valence-electron chi connectivity index (χ2n) is 10.9. The number of nitro benzene ring substituents is 1. The molecule has 0 aliphatic heterocycles. The molecule has 1 aromatic heterocycles. The fourth-order valence-corrected chi connectivity index (χ4v) is 7.33. The van der Waals surface area contributed by atoms with Gasteiger partial charge in [-0.05, 0) is 41.8 Å². The van der Waals surface area contributed by atoms with Gasteiger partial charge in [0.1, 0.15) is 42.3 Å². The van der Waals surface area contributed by atoms with Crippen molar-refractivity contribution in [1.82, 2.24) is 10.2 Å². The zero-order chi connectivity index (χ0) is 43.3. The van der Waals surface area contributed by atoms with Crippen molar-refractivity contribution < 1.29 is 76.9 Å². The van der Waals surface area contributed by atoms with Gasteiger partial charge in [-0.3, -0.25) is 43.3 Å². The summed E-state index contributed by atoms with van der Waals surface area (Å²) in [7, 11) is -21.7. The second-order valence-corrected chi connectivity index (χ2v) is 16.5. The Morgan fingerprint density at radius 2 is 1.05 bits per heavy atom. The molecule has 0 aliphatic carbocycles. The molecule has 0 fully saturated rings. The molecule has 0 atom stereocenters. The molecule has 0 radical (unpaired) electrons. The highest BCUT2D eigenvalue weighted by Crippen LogP contribution is 2.50. The fraction of sp³-hybridized carbons (Fsp3) is 0. The monoisotopic (exact) mass is 887 g/mol. The van der Waals surface area contributed by atoms with Crippen molar-refractivity contribution in [2.75, 3.05) is 0 Å². The van der Waals surface area contributed by atoms with Crippen LogP contribution >= 0.6 is 0 Å². The van der Waals surface area contributed by atoms with Crippen LogP contribution in [-0.4, -0.2) is 88.3 Å². The van der Waals surface area contributed by atoms with Gasteiger partial charge in [-0.2, -0.15) is 38.8 Å². The van der Waals surface area contributed by atoms with E-state index in [1.807, 2.05) is 10.2 Å². The van der Waals surface area contributed by atoms with Gasteiger partial charge in [-0.15, -0.1) is 25.6 Å². The third kappa shape index (κ3) is 8.56. The molecule has 5 aromatic rings. The minimum Gasteiger partial charge on any atom is -0.505 e. The third-order valence-electron chi connectivity index (χ3n) is 7.21. The topological polar surface area (TPSA) is 461 Å². The summed E-state index contributed by atoms with van der Waals surface area (Å²) in [6, 6.07) is 4.62. The van der Waals surface area contributed by atoms with Gasteiger partial charge in [0.15, 0.2) is 22.9 Å². The molecular weight excluding hydrogens is 871 g/mol. The lowest BCUT2D eigenvalue weighted by Gasteiger charge is -2.13. The highest BCUT2D eigenvalue weighted by Gasteiger charge is 2.30. The van der Waals surface area contributed by atoms with Crippen LogP contribution in [0.1, 0.15) is 10.5 Å². The first-order valence-corrected chi connectivity index (χ1v) is 20.1. The first-order valence-electron chi connectivity index (χ1n) is 14.4. The maximum absolute atomic E-state index is 12.4. The number of carboxylic acid groups (broad SMARTS) is 1. The standard InChI is InChI=1S/C26H17N9O19S4/c36-23-18-9(6-17(58(52,53)54)20(24(18)37)31-29-13-4-2-11(35(41)42)8-15(13)56(46,47)48)5-16(57(49,50)51)19(23)30-28-12-3-1-10(7-14(12)55(43,44)45)27-32-21-22(26(39)40)33-34-25(21)38/h1-8,36-37H,(H,39,40)(H2,33,34,38)(H,43,44,45)(H,46,47,48)(H,49,50,51)(H,52,53,54). The number of aromatic hydroxyl groups is 2. The number of aromatic nitrogens is 2. The predicted octanol–water partition coefficient (Wildman–Crippen LogP) is 4.11. The Morgan fingerprint density at radius 3 is 1.50 bits per heavy atom. The lowest BCUT2D eigenvalue weighted by molar-refractivity contribution is -0.385. The number of azo groups is 3. The van der Waals surface area contributed by atoms with E-state index in [4.69, 9.17) is 5.11 Å². The molecule has 0 saturated heterocycles. The average molecular weight is 888 g/mol. The number of non-ortho nitro benzene ring substituents is 1. The second kappa shape index (κ2) is 14.9. The normalized spacial score (nSPS) is 13.0. The number of aromatic amines is 2. The molecule has 5 rings (SSSR count). The van der Waals surface area contributed by atoms with Crippen LogP contribution in [0.5, 0.6) is 11.5 Å².